The van der Waals surface area contributed by atoms with Crippen molar-refractivity contribution in [1.82, 2.24) is 9.78 Å². The molecular weight excluding hydrogens is 258 g/mol. The predicted molar refractivity (Wildman–Crippen MR) is 61.9 cm³/mol. The number of anilines is 1. The van der Waals surface area contributed by atoms with E-state index in [4.69, 9.17) is 5.73 Å². The minimum atomic E-state index is -0.324. The highest BCUT2D eigenvalue weighted by Gasteiger charge is 2.06. The Morgan fingerprint density at radius 1 is 1.27 bits per heavy atom. The zero-order valence-corrected chi connectivity index (χ0v) is 9.31. The van der Waals surface area contributed by atoms with Crippen LogP contribution in [0.5, 0.6) is 0 Å². The Bertz CT molecular complexity index is 536. The molecule has 2 rings (SSSR count). The number of hydrogen-bond acceptors (Lipinski definition) is 3. The van der Waals surface area contributed by atoms with Crippen molar-refractivity contribution in [2.75, 3.05) is 5.73 Å². The summed E-state index contributed by atoms with van der Waals surface area (Å²) in [5.41, 5.74) is 6.13. The van der Waals surface area contributed by atoms with Gasteiger partial charge in [-0.1, -0.05) is 18.2 Å². The zero-order chi connectivity index (χ0) is 10.8. The first-order chi connectivity index (χ1) is 7.20. The SMILES string of the molecule is Nc1c(Br)cnn(-c2ccccc2)c1=O. The fourth-order valence-corrected chi connectivity index (χ4v) is 1.46. The highest BCUT2D eigenvalue weighted by Crippen LogP contribution is 2.13. The van der Waals surface area contributed by atoms with E-state index in [-0.39, 0.29) is 11.2 Å². The van der Waals surface area contributed by atoms with Gasteiger partial charge in [0.15, 0.2) is 0 Å². The van der Waals surface area contributed by atoms with E-state index in [0.29, 0.717) is 10.2 Å². The standard InChI is InChI=1S/C10H8BrN3O/c11-8-6-13-14(10(15)9(8)12)7-4-2-1-3-5-7/h1-6H,12H2. The fourth-order valence-electron chi connectivity index (χ4n) is 1.20. The molecule has 76 valence electrons. The molecule has 1 heterocycles. The Balaban J connectivity index is 2.66. The average molecular weight is 266 g/mol. The van der Waals surface area contributed by atoms with E-state index in [1.54, 1.807) is 12.1 Å². The summed E-state index contributed by atoms with van der Waals surface area (Å²) in [5, 5.41) is 3.99. The fraction of sp³-hybridized carbons (Fsp3) is 0. The highest BCUT2D eigenvalue weighted by atomic mass is 79.9. The van der Waals surface area contributed by atoms with Gasteiger partial charge in [0.05, 0.1) is 16.4 Å². The normalized spacial score (nSPS) is 10.2. The molecule has 0 aliphatic rings. The molecule has 15 heavy (non-hydrogen) atoms. The smallest absolute Gasteiger partial charge is 0.295 e. The Kier molecular flexibility index (Phi) is 2.55. The van der Waals surface area contributed by atoms with Gasteiger partial charge >= 0.3 is 0 Å². The molecule has 5 heteroatoms. The number of benzene rings is 1. The lowest BCUT2D eigenvalue weighted by molar-refractivity contribution is 0.807. The van der Waals surface area contributed by atoms with Crippen LogP contribution in [0.15, 0.2) is 45.8 Å². The lowest BCUT2D eigenvalue weighted by Crippen LogP contribution is -2.23. The number of nitrogens with zero attached hydrogens (tertiary/aromatic N) is 2. The maximum atomic E-state index is 11.7. The highest BCUT2D eigenvalue weighted by molar-refractivity contribution is 9.10. The van der Waals surface area contributed by atoms with E-state index in [2.05, 4.69) is 21.0 Å². The van der Waals surface area contributed by atoms with Gasteiger partial charge in [0.2, 0.25) is 0 Å². The maximum absolute atomic E-state index is 11.7. The van der Waals surface area contributed by atoms with Gasteiger partial charge < -0.3 is 5.73 Å². The summed E-state index contributed by atoms with van der Waals surface area (Å²) in [6.07, 6.45) is 1.50. The molecule has 0 aliphatic carbocycles. The topological polar surface area (TPSA) is 60.9 Å². The molecule has 0 bridgehead atoms. The van der Waals surface area contributed by atoms with Gasteiger partial charge in [0.1, 0.15) is 5.69 Å². The van der Waals surface area contributed by atoms with Crippen LogP contribution in [0.2, 0.25) is 0 Å². The number of halogens is 1. The second-order valence-electron chi connectivity index (χ2n) is 2.96. The van der Waals surface area contributed by atoms with Gasteiger partial charge in [0.25, 0.3) is 5.56 Å². The number of para-hydroxylation sites is 1. The molecule has 1 aromatic heterocycles. The summed E-state index contributed by atoms with van der Waals surface area (Å²) in [6, 6.07) is 9.13. The molecule has 0 atom stereocenters. The first-order valence-corrected chi connectivity index (χ1v) is 5.08. The molecule has 0 spiro atoms. The molecule has 0 fully saturated rings. The van der Waals surface area contributed by atoms with Crippen LogP contribution in [0.1, 0.15) is 0 Å². The van der Waals surface area contributed by atoms with Crippen molar-refractivity contribution in [3.63, 3.8) is 0 Å². The number of nitrogen functional groups attached to an aromatic ring is 1. The molecule has 1 aromatic carbocycles. The summed E-state index contributed by atoms with van der Waals surface area (Å²) in [7, 11) is 0. The van der Waals surface area contributed by atoms with E-state index in [1.165, 1.54) is 10.9 Å². The van der Waals surface area contributed by atoms with Gasteiger partial charge in [0, 0.05) is 0 Å². The number of nitrogens with two attached hydrogens (primary N) is 1. The minimum Gasteiger partial charge on any atom is -0.393 e. The monoisotopic (exact) mass is 265 g/mol. The molecule has 0 radical (unpaired) electrons. The largest absolute Gasteiger partial charge is 0.393 e. The molecule has 0 saturated heterocycles. The second-order valence-corrected chi connectivity index (χ2v) is 3.81. The Labute approximate surface area is 94.5 Å². The summed E-state index contributed by atoms with van der Waals surface area (Å²) < 4.78 is 1.78. The molecule has 0 amide bonds. The van der Waals surface area contributed by atoms with E-state index < -0.39 is 0 Å². The second kappa shape index (κ2) is 3.86. The molecule has 2 N–H and O–H groups in total. The molecule has 4 nitrogen and oxygen atoms in total. The van der Waals surface area contributed by atoms with Crippen molar-refractivity contribution in [1.29, 1.82) is 0 Å². The van der Waals surface area contributed by atoms with Gasteiger partial charge in [-0.3, -0.25) is 4.79 Å². The minimum absolute atomic E-state index is 0.161. The third-order valence-electron chi connectivity index (χ3n) is 1.97. The third-order valence-corrected chi connectivity index (χ3v) is 2.60. The van der Waals surface area contributed by atoms with Crippen molar-refractivity contribution < 1.29 is 0 Å². The van der Waals surface area contributed by atoms with Crippen LogP contribution in [0.4, 0.5) is 5.69 Å². The van der Waals surface area contributed by atoms with Gasteiger partial charge in [-0.05, 0) is 28.1 Å². The molecule has 0 aliphatic heterocycles. The van der Waals surface area contributed by atoms with Gasteiger partial charge in [-0.2, -0.15) is 9.78 Å². The number of aromatic nitrogens is 2. The lowest BCUT2D eigenvalue weighted by Gasteiger charge is -2.05. The Hall–Kier alpha value is -1.62. The van der Waals surface area contributed by atoms with Crippen LogP contribution in [0.3, 0.4) is 0 Å². The quantitative estimate of drug-likeness (QED) is 0.852. The number of hydrogen-bond donors (Lipinski definition) is 1. The van der Waals surface area contributed by atoms with E-state index in [9.17, 15) is 4.79 Å². The Morgan fingerprint density at radius 2 is 1.93 bits per heavy atom. The van der Waals surface area contributed by atoms with Crippen molar-refractivity contribution >= 4 is 21.6 Å². The zero-order valence-electron chi connectivity index (χ0n) is 7.72. The summed E-state index contributed by atoms with van der Waals surface area (Å²) in [6.45, 7) is 0. The predicted octanol–water partition coefficient (Wildman–Crippen LogP) is 1.58. The first kappa shape index (κ1) is 9.92. The van der Waals surface area contributed by atoms with Crippen LogP contribution in [0.25, 0.3) is 5.69 Å². The van der Waals surface area contributed by atoms with Crippen LogP contribution in [-0.4, -0.2) is 9.78 Å². The van der Waals surface area contributed by atoms with Gasteiger partial charge in [-0.15, -0.1) is 0 Å². The summed E-state index contributed by atoms with van der Waals surface area (Å²) in [4.78, 5) is 11.7. The maximum Gasteiger partial charge on any atom is 0.295 e. The van der Waals surface area contributed by atoms with Crippen molar-refractivity contribution in [2.24, 2.45) is 0 Å². The van der Waals surface area contributed by atoms with Gasteiger partial charge in [-0.25, -0.2) is 0 Å². The molecular formula is C10H8BrN3O. The summed E-state index contributed by atoms with van der Waals surface area (Å²) in [5.74, 6) is 0. The number of rotatable bonds is 1. The third kappa shape index (κ3) is 1.78. The van der Waals surface area contributed by atoms with Crippen LogP contribution < -0.4 is 11.3 Å². The van der Waals surface area contributed by atoms with E-state index in [1.807, 2.05) is 18.2 Å². The lowest BCUT2D eigenvalue weighted by atomic mass is 10.3. The molecule has 0 saturated carbocycles. The molecule has 2 aromatic rings. The van der Waals surface area contributed by atoms with Crippen molar-refractivity contribution in [3.05, 3.63) is 51.4 Å². The van der Waals surface area contributed by atoms with Crippen LogP contribution in [0, 0.1) is 0 Å². The summed E-state index contributed by atoms with van der Waals surface area (Å²) >= 11 is 3.15. The van der Waals surface area contributed by atoms with E-state index in [0.717, 1.165) is 0 Å². The van der Waals surface area contributed by atoms with Crippen molar-refractivity contribution in [3.8, 4) is 5.69 Å². The van der Waals surface area contributed by atoms with Crippen LogP contribution >= 0.6 is 15.9 Å². The average Bonchev–Trinajstić information content (AvgIpc) is 2.27. The first-order valence-electron chi connectivity index (χ1n) is 4.29. The van der Waals surface area contributed by atoms with E-state index >= 15 is 0 Å². The van der Waals surface area contributed by atoms with Crippen molar-refractivity contribution in [2.45, 2.75) is 0 Å². The van der Waals surface area contributed by atoms with Crippen LogP contribution in [-0.2, 0) is 0 Å². The molecule has 0 unspecified atom stereocenters. The Morgan fingerprint density at radius 3 is 2.60 bits per heavy atom.